The number of hydrogen-bond donors (Lipinski definition) is 0. The van der Waals surface area contributed by atoms with Crippen LogP contribution in [0.1, 0.15) is 34.2 Å². The molecular formula is C16H20FN3O. The molecule has 21 heavy (non-hydrogen) atoms. The van der Waals surface area contributed by atoms with Crippen LogP contribution < -0.4 is 0 Å². The molecule has 5 heteroatoms. The predicted octanol–water partition coefficient (Wildman–Crippen LogP) is 2.93. The van der Waals surface area contributed by atoms with Crippen LogP contribution in [0.3, 0.4) is 0 Å². The van der Waals surface area contributed by atoms with Gasteiger partial charge in [-0.05, 0) is 39.0 Å². The molecule has 0 N–H and O–H groups in total. The van der Waals surface area contributed by atoms with E-state index >= 15 is 0 Å². The Balaban J connectivity index is 2.20. The number of hydrogen-bond acceptors (Lipinski definition) is 2. The van der Waals surface area contributed by atoms with E-state index in [1.807, 2.05) is 25.5 Å². The van der Waals surface area contributed by atoms with E-state index in [-0.39, 0.29) is 5.91 Å². The van der Waals surface area contributed by atoms with E-state index in [2.05, 4.69) is 5.10 Å². The maximum Gasteiger partial charge on any atom is 0.254 e. The molecule has 4 nitrogen and oxygen atoms in total. The van der Waals surface area contributed by atoms with Gasteiger partial charge in [-0.1, -0.05) is 6.07 Å². The molecule has 0 aliphatic rings. The van der Waals surface area contributed by atoms with Gasteiger partial charge in [0, 0.05) is 37.0 Å². The fourth-order valence-electron chi connectivity index (χ4n) is 2.42. The molecule has 2 rings (SSSR count). The quantitative estimate of drug-likeness (QED) is 0.868. The Kier molecular flexibility index (Phi) is 4.40. The van der Waals surface area contributed by atoms with Gasteiger partial charge in [-0.2, -0.15) is 5.10 Å². The summed E-state index contributed by atoms with van der Waals surface area (Å²) in [5.41, 5.74) is 3.39. The molecule has 1 aromatic carbocycles. The van der Waals surface area contributed by atoms with Crippen LogP contribution in [-0.2, 0) is 13.1 Å². The summed E-state index contributed by atoms with van der Waals surface area (Å²) in [6.07, 6.45) is 0. The minimum Gasteiger partial charge on any atom is -0.337 e. The number of nitrogens with zero attached hydrogens (tertiary/aromatic N) is 3. The Morgan fingerprint density at radius 2 is 2.10 bits per heavy atom. The van der Waals surface area contributed by atoms with Crippen molar-refractivity contribution in [1.29, 1.82) is 0 Å². The average Bonchev–Trinajstić information content (AvgIpc) is 2.73. The van der Waals surface area contributed by atoms with Crippen LogP contribution in [-0.4, -0.2) is 27.6 Å². The molecule has 0 fully saturated rings. The molecule has 0 bridgehead atoms. The summed E-state index contributed by atoms with van der Waals surface area (Å²) in [6, 6.07) is 5.75. The van der Waals surface area contributed by atoms with Gasteiger partial charge in [-0.15, -0.1) is 0 Å². The van der Waals surface area contributed by atoms with Crippen molar-refractivity contribution in [1.82, 2.24) is 14.7 Å². The van der Waals surface area contributed by atoms with Gasteiger partial charge < -0.3 is 4.90 Å². The van der Waals surface area contributed by atoms with Crippen molar-refractivity contribution in [2.75, 3.05) is 7.05 Å². The van der Waals surface area contributed by atoms with Gasteiger partial charge in [0.1, 0.15) is 5.82 Å². The summed E-state index contributed by atoms with van der Waals surface area (Å²) in [4.78, 5) is 13.9. The van der Waals surface area contributed by atoms with E-state index in [0.717, 1.165) is 23.5 Å². The molecule has 0 aliphatic heterocycles. The zero-order chi connectivity index (χ0) is 15.6. The highest BCUT2D eigenvalue weighted by Crippen LogP contribution is 2.16. The first kappa shape index (κ1) is 15.2. The molecule has 0 aliphatic carbocycles. The molecule has 1 aromatic heterocycles. The minimum absolute atomic E-state index is 0.197. The third kappa shape index (κ3) is 3.12. The highest BCUT2D eigenvalue weighted by Gasteiger charge is 2.17. The van der Waals surface area contributed by atoms with E-state index < -0.39 is 5.82 Å². The molecule has 112 valence electrons. The van der Waals surface area contributed by atoms with Gasteiger partial charge in [-0.25, -0.2) is 4.39 Å². The zero-order valence-corrected chi connectivity index (χ0v) is 12.9. The molecule has 1 heterocycles. The Morgan fingerprint density at radius 1 is 1.38 bits per heavy atom. The molecule has 0 unspecified atom stereocenters. The van der Waals surface area contributed by atoms with Crippen LogP contribution >= 0.6 is 0 Å². The van der Waals surface area contributed by atoms with E-state index in [9.17, 15) is 9.18 Å². The monoisotopic (exact) mass is 289 g/mol. The molecule has 0 atom stereocenters. The number of carbonyl (C=O) groups is 1. The summed E-state index contributed by atoms with van der Waals surface area (Å²) in [5.74, 6) is -0.599. The number of aromatic nitrogens is 2. The molecule has 0 radical (unpaired) electrons. The van der Waals surface area contributed by atoms with Crippen LogP contribution in [0.4, 0.5) is 4.39 Å². The Hall–Kier alpha value is -2.17. The first-order chi connectivity index (χ1) is 9.93. The molecule has 2 aromatic rings. The lowest BCUT2D eigenvalue weighted by Crippen LogP contribution is -2.26. The van der Waals surface area contributed by atoms with E-state index in [4.69, 9.17) is 0 Å². The van der Waals surface area contributed by atoms with Crippen LogP contribution in [0.15, 0.2) is 24.3 Å². The normalized spacial score (nSPS) is 10.7. The van der Waals surface area contributed by atoms with Crippen molar-refractivity contribution < 1.29 is 9.18 Å². The summed E-state index contributed by atoms with van der Waals surface area (Å²) < 4.78 is 15.1. The SMILES string of the molecule is CCn1nc(C)c(CN(C)C(=O)c2cccc(F)c2)c1C. The van der Waals surface area contributed by atoms with Crippen molar-refractivity contribution in [2.24, 2.45) is 0 Å². The van der Waals surface area contributed by atoms with Crippen molar-refractivity contribution in [3.05, 3.63) is 52.6 Å². The number of carbonyl (C=O) groups excluding carboxylic acids is 1. The topological polar surface area (TPSA) is 38.1 Å². The van der Waals surface area contributed by atoms with Gasteiger partial charge >= 0.3 is 0 Å². The second-order valence-corrected chi connectivity index (χ2v) is 5.14. The van der Waals surface area contributed by atoms with Crippen molar-refractivity contribution in [2.45, 2.75) is 33.9 Å². The van der Waals surface area contributed by atoms with Crippen LogP contribution in [0.5, 0.6) is 0 Å². The van der Waals surface area contributed by atoms with E-state index in [0.29, 0.717) is 12.1 Å². The van der Waals surface area contributed by atoms with Crippen LogP contribution in [0.2, 0.25) is 0 Å². The maximum absolute atomic E-state index is 13.2. The van der Waals surface area contributed by atoms with Crippen molar-refractivity contribution in [3.8, 4) is 0 Å². The van der Waals surface area contributed by atoms with Gasteiger partial charge in [0.2, 0.25) is 0 Å². The lowest BCUT2D eigenvalue weighted by molar-refractivity contribution is 0.0784. The Bertz CT molecular complexity index is 664. The molecule has 1 amide bonds. The molecular weight excluding hydrogens is 269 g/mol. The highest BCUT2D eigenvalue weighted by molar-refractivity contribution is 5.94. The zero-order valence-electron chi connectivity index (χ0n) is 12.9. The Labute approximate surface area is 124 Å². The summed E-state index contributed by atoms with van der Waals surface area (Å²) in [6.45, 7) is 7.24. The van der Waals surface area contributed by atoms with E-state index in [1.54, 1.807) is 24.1 Å². The van der Waals surface area contributed by atoms with Crippen LogP contribution in [0.25, 0.3) is 0 Å². The van der Waals surface area contributed by atoms with Gasteiger partial charge in [-0.3, -0.25) is 9.48 Å². The van der Waals surface area contributed by atoms with Crippen LogP contribution in [0, 0.1) is 19.7 Å². The summed E-state index contributed by atoms with van der Waals surface area (Å²) in [7, 11) is 1.72. The summed E-state index contributed by atoms with van der Waals surface area (Å²) in [5, 5.41) is 4.45. The third-order valence-electron chi connectivity index (χ3n) is 3.64. The largest absolute Gasteiger partial charge is 0.337 e. The first-order valence-electron chi connectivity index (χ1n) is 6.98. The summed E-state index contributed by atoms with van der Waals surface area (Å²) >= 11 is 0. The number of amides is 1. The standard InChI is InChI=1S/C16H20FN3O/c1-5-20-12(3)15(11(2)18-20)10-19(4)16(21)13-7-6-8-14(17)9-13/h6-9H,5,10H2,1-4H3. The second-order valence-electron chi connectivity index (χ2n) is 5.14. The number of benzene rings is 1. The second kappa shape index (κ2) is 6.08. The number of aryl methyl sites for hydroxylation is 2. The van der Waals surface area contributed by atoms with E-state index in [1.165, 1.54) is 12.1 Å². The maximum atomic E-state index is 13.2. The molecule has 0 spiro atoms. The van der Waals surface area contributed by atoms with Gasteiger partial charge in [0.05, 0.1) is 5.69 Å². The third-order valence-corrected chi connectivity index (χ3v) is 3.64. The lowest BCUT2D eigenvalue weighted by atomic mass is 10.1. The minimum atomic E-state index is -0.402. The Morgan fingerprint density at radius 3 is 2.67 bits per heavy atom. The van der Waals surface area contributed by atoms with Gasteiger partial charge in [0.15, 0.2) is 0 Å². The molecule has 0 saturated heterocycles. The smallest absolute Gasteiger partial charge is 0.254 e. The lowest BCUT2D eigenvalue weighted by Gasteiger charge is -2.17. The van der Waals surface area contributed by atoms with Crippen molar-refractivity contribution in [3.63, 3.8) is 0 Å². The fourth-order valence-corrected chi connectivity index (χ4v) is 2.42. The van der Waals surface area contributed by atoms with Gasteiger partial charge in [0.25, 0.3) is 5.91 Å². The first-order valence-corrected chi connectivity index (χ1v) is 6.98. The highest BCUT2D eigenvalue weighted by atomic mass is 19.1. The number of rotatable bonds is 4. The number of halogens is 1. The average molecular weight is 289 g/mol. The fraction of sp³-hybridized carbons (Fsp3) is 0.375. The molecule has 0 saturated carbocycles. The van der Waals surface area contributed by atoms with Crippen molar-refractivity contribution >= 4 is 5.91 Å². The predicted molar refractivity (Wildman–Crippen MR) is 79.6 cm³/mol.